The Morgan fingerprint density at radius 3 is 2.57 bits per heavy atom. The number of amides is 2. The van der Waals surface area contributed by atoms with Crippen molar-refractivity contribution in [2.24, 2.45) is 0 Å². The number of anilines is 1. The Kier molecular flexibility index (Phi) is 5.33. The monoisotopic (exact) mass is 378 g/mol. The third kappa shape index (κ3) is 3.88. The van der Waals surface area contributed by atoms with Gasteiger partial charge in [0, 0.05) is 36.7 Å². The molecular weight excluding hydrogens is 352 g/mol. The van der Waals surface area contributed by atoms with E-state index in [4.69, 9.17) is 4.74 Å². The van der Waals surface area contributed by atoms with Crippen molar-refractivity contribution in [1.29, 1.82) is 0 Å². The topological polar surface area (TPSA) is 58.6 Å². The summed E-state index contributed by atoms with van der Waals surface area (Å²) < 4.78 is 5.68. The molecule has 2 aromatic carbocycles. The smallest absolute Gasteiger partial charge is 0.257 e. The van der Waals surface area contributed by atoms with Crippen LogP contribution in [-0.4, -0.2) is 31.5 Å². The van der Waals surface area contributed by atoms with Gasteiger partial charge in [-0.15, -0.1) is 0 Å². The number of nitrogens with zero attached hydrogens (tertiary/aromatic N) is 1. The molecule has 2 aromatic rings. The molecule has 146 valence electrons. The van der Waals surface area contributed by atoms with Crippen LogP contribution in [0.4, 0.5) is 5.69 Å². The molecule has 1 aliphatic heterocycles. The lowest BCUT2D eigenvalue weighted by atomic mass is 9.64. The Bertz CT molecular complexity index is 846. The van der Waals surface area contributed by atoms with Crippen molar-refractivity contribution >= 4 is 17.5 Å². The second-order valence-electron chi connectivity index (χ2n) is 7.71. The number of carbonyl (C=O) groups excluding carboxylic acids is 2. The van der Waals surface area contributed by atoms with Crippen LogP contribution in [0.1, 0.15) is 37.7 Å². The molecule has 2 fully saturated rings. The van der Waals surface area contributed by atoms with Gasteiger partial charge in [-0.25, -0.2) is 0 Å². The lowest BCUT2D eigenvalue weighted by Crippen LogP contribution is -2.46. The fourth-order valence-electron chi connectivity index (χ4n) is 4.09. The highest BCUT2D eigenvalue weighted by atomic mass is 16.5. The Morgan fingerprint density at radius 2 is 1.89 bits per heavy atom. The molecule has 0 unspecified atom stereocenters. The molecule has 5 heteroatoms. The number of carbonyl (C=O) groups is 2. The van der Waals surface area contributed by atoms with Crippen molar-refractivity contribution in [3.8, 4) is 5.75 Å². The van der Waals surface area contributed by atoms with E-state index < -0.39 is 0 Å². The zero-order valence-corrected chi connectivity index (χ0v) is 16.0. The first kappa shape index (κ1) is 18.5. The molecular formula is C23H26N2O3. The van der Waals surface area contributed by atoms with Gasteiger partial charge in [0.2, 0.25) is 5.91 Å². The van der Waals surface area contributed by atoms with E-state index in [1.165, 1.54) is 12.0 Å². The van der Waals surface area contributed by atoms with Gasteiger partial charge in [-0.2, -0.15) is 0 Å². The first-order valence-electron chi connectivity index (χ1n) is 10.0. The van der Waals surface area contributed by atoms with Crippen molar-refractivity contribution in [2.45, 2.75) is 37.5 Å². The molecule has 1 N–H and O–H groups in total. The van der Waals surface area contributed by atoms with Gasteiger partial charge in [0.05, 0.1) is 0 Å². The second-order valence-corrected chi connectivity index (χ2v) is 7.71. The molecule has 1 saturated carbocycles. The Labute approximate surface area is 165 Å². The van der Waals surface area contributed by atoms with Gasteiger partial charge < -0.3 is 15.0 Å². The van der Waals surface area contributed by atoms with Gasteiger partial charge >= 0.3 is 0 Å². The Balaban J connectivity index is 1.31. The molecule has 0 radical (unpaired) electrons. The minimum atomic E-state index is -0.121. The summed E-state index contributed by atoms with van der Waals surface area (Å²) in [6.45, 7) is 1.36. The third-order valence-corrected chi connectivity index (χ3v) is 5.89. The first-order valence-corrected chi connectivity index (χ1v) is 10.0. The van der Waals surface area contributed by atoms with Crippen LogP contribution in [0, 0.1) is 0 Å². The van der Waals surface area contributed by atoms with Crippen molar-refractivity contribution in [1.82, 2.24) is 5.32 Å². The van der Waals surface area contributed by atoms with E-state index in [2.05, 4.69) is 29.6 Å². The number of ether oxygens (including phenoxy) is 1. The maximum Gasteiger partial charge on any atom is 0.257 e. The SMILES string of the molecule is O=C(COc1cccc(N2CCCC2=O)c1)NCC1(c2ccccc2)CCC1. The predicted octanol–water partition coefficient (Wildman–Crippen LogP) is 3.43. The number of hydrogen-bond donors (Lipinski definition) is 1. The molecule has 5 nitrogen and oxygen atoms in total. The van der Waals surface area contributed by atoms with Crippen LogP contribution in [0.5, 0.6) is 5.75 Å². The van der Waals surface area contributed by atoms with Crippen LogP contribution < -0.4 is 15.0 Å². The summed E-state index contributed by atoms with van der Waals surface area (Å²) in [5.41, 5.74) is 2.19. The van der Waals surface area contributed by atoms with E-state index in [9.17, 15) is 9.59 Å². The number of nitrogens with one attached hydrogen (secondary N) is 1. The molecule has 2 aliphatic rings. The highest BCUT2D eigenvalue weighted by molar-refractivity contribution is 5.95. The Hall–Kier alpha value is -2.82. The van der Waals surface area contributed by atoms with Gasteiger partial charge in [0.15, 0.2) is 6.61 Å². The van der Waals surface area contributed by atoms with E-state index >= 15 is 0 Å². The van der Waals surface area contributed by atoms with Crippen LogP contribution in [0.3, 0.4) is 0 Å². The molecule has 2 amide bonds. The number of hydrogen-bond acceptors (Lipinski definition) is 3. The summed E-state index contributed by atoms with van der Waals surface area (Å²) in [5.74, 6) is 0.625. The number of benzene rings is 2. The van der Waals surface area contributed by atoms with Crippen LogP contribution in [0.25, 0.3) is 0 Å². The van der Waals surface area contributed by atoms with Crippen molar-refractivity contribution in [3.63, 3.8) is 0 Å². The minimum Gasteiger partial charge on any atom is -0.484 e. The molecule has 1 heterocycles. The van der Waals surface area contributed by atoms with E-state index in [0.29, 0.717) is 18.7 Å². The van der Waals surface area contributed by atoms with Gasteiger partial charge in [-0.05, 0) is 37.0 Å². The highest BCUT2D eigenvalue weighted by Crippen LogP contribution is 2.43. The third-order valence-electron chi connectivity index (χ3n) is 5.89. The molecule has 4 rings (SSSR count). The number of rotatable bonds is 7. The Morgan fingerprint density at radius 1 is 1.07 bits per heavy atom. The van der Waals surface area contributed by atoms with Crippen molar-refractivity contribution < 1.29 is 14.3 Å². The van der Waals surface area contributed by atoms with Crippen molar-refractivity contribution in [3.05, 3.63) is 60.2 Å². The minimum absolute atomic E-state index is 0.0255. The van der Waals surface area contributed by atoms with Gasteiger partial charge in [0.1, 0.15) is 5.75 Å². The molecule has 0 atom stereocenters. The van der Waals surface area contributed by atoms with Crippen LogP contribution in [-0.2, 0) is 15.0 Å². The zero-order chi connectivity index (χ0) is 19.4. The van der Waals surface area contributed by atoms with Crippen LogP contribution >= 0.6 is 0 Å². The molecule has 28 heavy (non-hydrogen) atoms. The van der Waals surface area contributed by atoms with E-state index in [1.807, 2.05) is 30.3 Å². The van der Waals surface area contributed by atoms with Gasteiger partial charge in [-0.1, -0.05) is 42.8 Å². The molecule has 0 spiro atoms. The lowest BCUT2D eigenvalue weighted by molar-refractivity contribution is -0.123. The van der Waals surface area contributed by atoms with E-state index in [-0.39, 0.29) is 23.8 Å². The van der Waals surface area contributed by atoms with Crippen LogP contribution in [0.2, 0.25) is 0 Å². The first-order chi connectivity index (χ1) is 13.7. The lowest BCUT2D eigenvalue weighted by Gasteiger charge is -2.42. The largest absolute Gasteiger partial charge is 0.484 e. The van der Waals surface area contributed by atoms with E-state index in [1.54, 1.807) is 4.90 Å². The average molecular weight is 378 g/mol. The molecule has 0 bridgehead atoms. The fraction of sp³-hybridized carbons (Fsp3) is 0.391. The second kappa shape index (κ2) is 8.05. The zero-order valence-electron chi connectivity index (χ0n) is 16.0. The summed E-state index contributed by atoms with van der Waals surface area (Å²) in [4.78, 5) is 26.0. The molecule has 1 saturated heterocycles. The summed E-state index contributed by atoms with van der Waals surface area (Å²) in [7, 11) is 0. The van der Waals surface area contributed by atoms with E-state index in [0.717, 1.165) is 31.5 Å². The maximum absolute atomic E-state index is 12.3. The fourth-order valence-corrected chi connectivity index (χ4v) is 4.09. The summed E-state index contributed by atoms with van der Waals surface area (Å²) >= 11 is 0. The summed E-state index contributed by atoms with van der Waals surface area (Å²) in [5, 5.41) is 3.04. The predicted molar refractivity (Wildman–Crippen MR) is 109 cm³/mol. The maximum atomic E-state index is 12.3. The van der Waals surface area contributed by atoms with Gasteiger partial charge in [0.25, 0.3) is 5.91 Å². The van der Waals surface area contributed by atoms with Crippen molar-refractivity contribution in [2.75, 3.05) is 24.6 Å². The average Bonchev–Trinajstić information content (AvgIpc) is 3.12. The summed E-state index contributed by atoms with van der Waals surface area (Å²) in [6, 6.07) is 17.8. The van der Waals surface area contributed by atoms with Gasteiger partial charge in [-0.3, -0.25) is 9.59 Å². The highest BCUT2D eigenvalue weighted by Gasteiger charge is 2.38. The standard InChI is InChI=1S/C23H26N2O3/c26-21(24-17-23(12-6-13-23)18-7-2-1-3-8-18)16-28-20-10-4-9-19(15-20)25-14-5-11-22(25)27/h1-4,7-10,15H,5-6,11-14,16-17H2,(H,24,26). The molecule has 1 aliphatic carbocycles. The quantitative estimate of drug-likeness (QED) is 0.803. The normalized spacial score (nSPS) is 17.9. The van der Waals surface area contributed by atoms with Crippen LogP contribution in [0.15, 0.2) is 54.6 Å². The summed E-state index contributed by atoms with van der Waals surface area (Å²) in [6.07, 6.45) is 4.88. The molecule has 0 aromatic heterocycles.